The molecular weight excluding hydrogens is 276 g/mol. The van der Waals surface area contributed by atoms with E-state index in [0.29, 0.717) is 12.8 Å². The molecule has 1 fully saturated rings. The predicted octanol–water partition coefficient (Wildman–Crippen LogP) is 3.28. The number of hydrogen-bond donors (Lipinski definition) is 1. The van der Waals surface area contributed by atoms with E-state index in [4.69, 9.17) is 14.9 Å². The molecule has 0 bridgehead atoms. The van der Waals surface area contributed by atoms with Gasteiger partial charge in [-0.2, -0.15) is 0 Å². The van der Waals surface area contributed by atoms with Crippen molar-refractivity contribution in [1.29, 1.82) is 5.41 Å². The molecule has 1 saturated heterocycles. The van der Waals surface area contributed by atoms with Crippen LogP contribution in [0.1, 0.15) is 18.4 Å². The summed E-state index contributed by atoms with van der Waals surface area (Å²) in [7, 11) is 1.75. The van der Waals surface area contributed by atoms with Gasteiger partial charge in [0.05, 0.1) is 6.61 Å². The topological polar surface area (TPSA) is 45.6 Å². The Hall–Kier alpha value is -1.91. The quantitative estimate of drug-likeness (QED) is 0.832. The summed E-state index contributed by atoms with van der Waals surface area (Å²) in [4.78, 5) is 2.34. The van der Waals surface area contributed by atoms with Gasteiger partial charge in [0.1, 0.15) is 12.5 Å². The summed E-state index contributed by atoms with van der Waals surface area (Å²) in [5.74, 6) is 0.879. The molecule has 1 heterocycles. The van der Waals surface area contributed by atoms with Crippen LogP contribution in [0.25, 0.3) is 10.8 Å². The largest absolute Gasteiger partial charge is 0.477 e. The highest BCUT2D eigenvalue weighted by molar-refractivity contribution is 6.01. The van der Waals surface area contributed by atoms with E-state index >= 15 is 0 Å². The fourth-order valence-corrected chi connectivity index (χ4v) is 3.15. The molecule has 0 amide bonds. The number of nitrogens with zero attached hydrogens (tertiary/aromatic N) is 1. The molecular formula is C18H22N2O2. The van der Waals surface area contributed by atoms with Gasteiger partial charge in [-0.15, -0.1) is 0 Å². The van der Waals surface area contributed by atoms with E-state index in [9.17, 15) is 0 Å². The molecule has 0 radical (unpaired) electrons. The lowest BCUT2D eigenvalue weighted by atomic mass is 10.0. The highest BCUT2D eigenvalue weighted by Gasteiger charge is 2.24. The Kier molecular flexibility index (Phi) is 4.71. The minimum Gasteiger partial charge on any atom is -0.477 e. The van der Waals surface area contributed by atoms with Gasteiger partial charge in [0.25, 0.3) is 0 Å². The zero-order valence-corrected chi connectivity index (χ0v) is 12.9. The molecule has 0 spiro atoms. The lowest BCUT2D eigenvalue weighted by Gasteiger charge is -2.24. The third kappa shape index (κ3) is 2.98. The molecule has 0 aliphatic carbocycles. The summed E-state index contributed by atoms with van der Waals surface area (Å²) in [6, 6.07) is 12.4. The molecule has 1 N–H and O–H groups in total. The van der Waals surface area contributed by atoms with Crippen LogP contribution in [0.3, 0.4) is 0 Å². The van der Waals surface area contributed by atoms with Gasteiger partial charge < -0.3 is 14.9 Å². The normalized spacial score (nSPS) is 18.7. The molecule has 1 aliphatic heterocycles. The van der Waals surface area contributed by atoms with Crippen molar-refractivity contribution in [3.8, 4) is 5.75 Å². The number of ether oxygens (including phenoxy) is 2. The van der Waals surface area contributed by atoms with Gasteiger partial charge in [0.15, 0.2) is 0 Å². The predicted molar refractivity (Wildman–Crippen MR) is 88.9 cm³/mol. The molecule has 4 heteroatoms. The minimum absolute atomic E-state index is 0.456. The molecule has 0 saturated carbocycles. The van der Waals surface area contributed by atoms with Gasteiger partial charge >= 0.3 is 0 Å². The van der Waals surface area contributed by atoms with Gasteiger partial charge in [0, 0.05) is 36.9 Å². The second-order valence-corrected chi connectivity index (χ2v) is 5.68. The van der Waals surface area contributed by atoms with Gasteiger partial charge in [-0.05, 0) is 30.4 Å². The van der Waals surface area contributed by atoms with Crippen molar-refractivity contribution in [2.75, 3.05) is 27.0 Å². The zero-order chi connectivity index (χ0) is 15.4. The average molecular weight is 298 g/mol. The van der Waals surface area contributed by atoms with Crippen molar-refractivity contribution in [2.45, 2.75) is 18.9 Å². The molecule has 2 aromatic rings. The summed E-state index contributed by atoms with van der Waals surface area (Å²) in [6.07, 6.45) is 3.76. The summed E-state index contributed by atoms with van der Waals surface area (Å²) in [6.45, 7) is 2.41. The maximum absolute atomic E-state index is 7.52. The van der Waals surface area contributed by atoms with Gasteiger partial charge in [-0.25, -0.2) is 0 Å². The summed E-state index contributed by atoms with van der Waals surface area (Å²) >= 11 is 0. The lowest BCUT2D eigenvalue weighted by molar-refractivity contribution is 0.0649. The number of benzene rings is 2. The summed E-state index contributed by atoms with van der Waals surface area (Å²) < 4.78 is 11.4. The number of methoxy groups -OCH3 is 1. The highest BCUT2D eigenvalue weighted by atomic mass is 16.5. The first-order valence-corrected chi connectivity index (χ1v) is 7.71. The summed E-state index contributed by atoms with van der Waals surface area (Å²) in [5, 5.41) is 9.64. The molecule has 1 atom stereocenters. The van der Waals surface area contributed by atoms with E-state index in [1.54, 1.807) is 7.11 Å². The van der Waals surface area contributed by atoms with Crippen LogP contribution >= 0.6 is 0 Å². The van der Waals surface area contributed by atoms with E-state index in [1.807, 2.05) is 36.4 Å². The second-order valence-electron chi connectivity index (χ2n) is 5.68. The molecule has 2 aromatic carbocycles. The smallest absolute Gasteiger partial charge is 0.142 e. The molecule has 0 aromatic heterocycles. The Labute approximate surface area is 131 Å². The standard InChI is InChI=1S/C18H22N2O2/c1-21-12-15-5-4-10-20(15)13-22-18-9-8-14(11-19)16-6-2-3-7-17(16)18/h2-3,6-9,11,15,19H,4-5,10,12-13H2,1H3. The third-order valence-electron chi connectivity index (χ3n) is 4.32. The first-order chi connectivity index (χ1) is 10.8. The lowest BCUT2D eigenvalue weighted by Crippen LogP contribution is -2.35. The van der Waals surface area contributed by atoms with Crippen LogP contribution in [0.2, 0.25) is 0 Å². The number of rotatable bonds is 6. The molecule has 1 unspecified atom stereocenters. The highest BCUT2D eigenvalue weighted by Crippen LogP contribution is 2.28. The average Bonchev–Trinajstić information content (AvgIpc) is 3.00. The number of fused-ring (bicyclic) bond motifs is 1. The maximum atomic E-state index is 7.52. The molecule has 3 rings (SSSR count). The van der Waals surface area contributed by atoms with Crippen LogP contribution in [-0.2, 0) is 4.74 Å². The molecule has 22 heavy (non-hydrogen) atoms. The van der Waals surface area contributed by atoms with Crippen molar-refractivity contribution in [2.24, 2.45) is 0 Å². The Balaban J connectivity index is 1.78. The second kappa shape index (κ2) is 6.90. The summed E-state index contributed by atoms with van der Waals surface area (Å²) in [5.41, 5.74) is 0.918. The zero-order valence-electron chi connectivity index (χ0n) is 12.9. The molecule has 1 aliphatic rings. The third-order valence-corrected chi connectivity index (χ3v) is 4.32. The first-order valence-electron chi connectivity index (χ1n) is 7.71. The Morgan fingerprint density at radius 1 is 1.23 bits per heavy atom. The van der Waals surface area contributed by atoms with Crippen molar-refractivity contribution in [3.63, 3.8) is 0 Å². The maximum Gasteiger partial charge on any atom is 0.142 e. The van der Waals surface area contributed by atoms with E-state index < -0.39 is 0 Å². The number of nitrogens with one attached hydrogen (secondary N) is 1. The molecule has 4 nitrogen and oxygen atoms in total. The van der Waals surface area contributed by atoms with Crippen LogP contribution in [0.15, 0.2) is 36.4 Å². The van der Waals surface area contributed by atoms with Crippen molar-refractivity contribution < 1.29 is 9.47 Å². The fraction of sp³-hybridized carbons (Fsp3) is 0.389. The van der Waals surface area contributed by atoms with Gasteiger partial charge in [-0.3, -0.25) is 4.90 Å². The molecule has 116 valence electrons. The first kappa shape index (κ1) is 15.0. The van der Waals surface area contributed by atoms with Crippen LogP contribution in [-0.4, -0.2) is 44.1 Å². The van der Waals surface area contributed by atoms with Crippen LogP contribution < -0.4 is 4.74 Å². The van der Waals surface area contributed by atoms with Crippen LogP contribution in [0.5, 0.6) is 5.75 Å². The van der Waals surface area contributed by atoms with E-state index in [2.05, 4.69) is 4.90 Å². The van der Waals surface area contributed by atoms with Crippen molar-refractivity contribution >= 4 is 17.0 Å². The Bertz CT molecular complexity index is 657. The Morgan fingerprint density at radius 2 is 2.05 bits per heavy atom. The monoisotopic (exact) mass is 298 g/mol. The van der Waals surface area contributed by atoms with E-state index in [-0.39, 0.29) is 0 Å². The number of hydrogen-bond acceptors (Lipinski definition) is 4. The minimum atomic E-state index is 0.456. The SMILES string of the molecule is COCC1CCCN1COc1ccc(C=N)c2ccccc12. The van der Waals surface area contributed by atoms with Crippen LogP contribution in [0.4, 0.5) is 0 Å². The Morgan fingerprint density at radius 3 is 2.82 bits per heavy atom. The van der Waals surface area contributed by atoms with Gasteiger partial charge in [0.2, 0.25) is 0 Å². The fourth-order valence-electron chi connectivity index (χ4n) is 3.15. The van der Waals surface area contributed by atoms with Crippen molar-refractivity contribution in [3.05, 3.63) is 42.0 Å². The van der Waals surface area contributed by atoms with Crippen molar-refractivity contribution in [1.82, 2.24) is 4.90 Å². The van der Waals surface area contributed by atoms with Gasteiger partial charge in [-0.1, -0.05) is 24.3 Å². The number of likely N-dealkylation sites (tertiary alicyclic amines) is 1. The van der Waals surface area contributed by atoms with Crippen LogP contribution in [0, 0.1) is 5.41 Å². The van der Waals surface area contributed by atoms with E-state index in [0.717, 1.165) is 35.2 Å². The van der Waals surface area contributed by atoms with E-state index in [1.165, 1.54) is 19.1 Å².